The van der Waals surface area contributed by atoms with Crippen molar-refractivity contribution in [2.75, 3.05) is 18.5 Å². The molecule has 2 aromatic carbocycles. The molecule has 1 aliphatic heterocycles. The van der Waals surface area contributed by atoms with Crippen LogP contribution in [0.2, 0.25) is 0 Å². The third-order valence-corrected chi connectivity index (χ3v) is 5.50. The van der Waals surface area contributed by atoms with Gasteiger partial charge in [-0.2, -0.15) is 13.2 Å². The minimum absolute atomic E-state index is 0.0432. The van der Waals surface area contributed by atoms with Crippen LogP contribution in [0, 0.1) is 5.92 Å². The van der Waals surface area contributed by atoms with Gasteiger partial charge in [0.1, 0.15) is 12.4 Å². The maximum absolute atomic E-state index is 12.7. The molecule has 1 aliphatic rings. The summed E-state index contributed by atoms with van der Waals surface area (Å²) in [5.41, 5.74) is 2.46. The fourth-order valence-corrected chi connectivity index (χ4v) is 3.93. The summed E-state index contributed by atoms with van der Waals surface area (Å²) in [4.78, 5) is 24.2. The Bertz CT molecular complexity index is 1270. The number of anilines is 1. The number of nitrogens with one attached hydrogen (secondary N) is 2. The molecule has 0 saturated carbocycles. The van der Waals surface area contributed by atoms with E-state index in [4.69, 9.17) is 9.47 Å². The highest BCUT2D eigenvalue weighted by Gasteiger charge is 2.29. The molecule has 1 saturated heterocycles. The summed E-state index contributed by atoms with van der Waals surface area (Å²) in [5, 5.41) is 9.99. The molecule has 0 aliphatic carbocycles. The number of amides is 2. The maximum atomic E-state index is 12.7. The van der Waals surface area contributed by atoms with Crippen LogP contribution in [0.15, 0.2) is 54.6 Å². The third kappa shape index (κ3) is 7.10. The van der Waals surface area contributed by atoms with Crippen LogP contribution >= 0.6 is 0 Å². The maximum Gasteiger partial charge on any atom is 0.411 e. The molecule has 0 bridgehead atoms. The van der Waals surface area contributed by atoms with Gasteiger partial charge in [0.05, 0.1) is 30.0 Å². The van der Waals surface area contributed by atoms with E-state index in [2.05, 4.69) is 15.7 Å². The number of rotatable bonds is 9. The highest BCUT2D eigenvalue weighted by atomic mass is 19.4. The van der Waals surface area contributed by atoms with Gasteiger partial charge in [-0.3, -0.25) is 9.59 Å². The number of carbonyl (C=O) groups excluding carboxylic acids is 2. The molecule has 2 heterocycles. The van der Waals surface area contributed by atoms with Gasteiger partial charge in [0, 0.05) is 30.7 Å². The van der Waals surface area contributed by atoms with Crippen LogP contribution < -0.4 is 15.4 Å². The zero-order valence-electron chi connectivity index (χ0n) is 20.3. The molecule has 11 heteroatoms. The molecule has 4 rings (SSSR count). The van der Waals surface area contributed by atoms with Crippen LogP contribution in [-0.4, -0.2) is 47.0 Å². The minimum Gasteiger partial charge on any atom is -0.491 e. The normalized spacial score (nSPS) is 15.6. The lowest BCUT2D eigenvalue weighted by molar-refractivity contribution is -0.176. The zero-order valence-corrected chi connectivity index (χ0v) is 20.3. The first-order valence-corrected chi connectivity index (χ1v) is 11.8. The first-order chi connectivity index (χ1) is 17.6. The van der Waals surface area contributed by atoms with Crippen molar-refractivity contribution < 1.29 is 32.2 Å². The van der Waals surface area contributed by atoms with Gasteiger partial charge in [0.15, 0.2) is 5.82 Å². The summed E-state index contributed by atoms with van der Waals surface area (Å²) in [6.45, 7) is 2.52. The predicted octanol–water partition coefficient (Wildman–Crippen LogP) is 4.48. The van der Waals surface area contributed by atoms with E-state index in [1.807, 2.05) is 32.0 Å². The zero-order chi connectivity index (χ0) is 26.6. The van der Waals surface area contributed by atoms with Crippen LogP contribution in [0.4, 0.5) is 19.0 Å². The number of benzene rings is 2. The Balaban J connectivity index is 1.66. The van der Waals surface area contributed by atoms with Crippen LogP contribution in [0.3, 0.4) is 0 Å². The quantitative estimate of drug-likeness (QED) is 0.438. The second kappa shape index (κ2) is 11.0. The van der Waals surface area contributed by atoms with Crippen molar-refractivity contribution in [3.8, 4) is 22.7 Å². The Morgan fingerprint density at radius 2 is 1.97 bits per heavy atom. The molecule has 1 aromatic heterocycles. The van der Waals surface area contributed by atoms with Crippen LogP contribution in [0.5, 0.6) is 5.75 Å². The van der Waals surface area contributed by atoms with Crippen molar-refractivity contribution in [1.82, 2.24) is 15.1 Å². The van der Waals surface area contributed by atoms with Gasteiger partial charge in [-0.05, 0) is 37.6 Å². The van der Waals surface area contributed by atoms with Gasteiger partial charge in [-0.15, -0.1) is 5.10 Å². The second-order valence-electron chi connectivity index (χ2n) is 8.99. The van der Waals surface area contributed by atoms with Gasteiger partial charge in [-0.25, -0.2) is 4.68 Å². The summed E-state index contributed by atoms with van der Waals surface area (Å²) in [7, 11) is 0. The van der Waals surface area contributed by atoms with Crippen molar-refractivity contribution in [2.24, 2.45) is 5.92 Å². The number of ether oxygens (including phenoxy) is 2. The van der Waals surface area contributed by atoms with Crippen LogP contribution in [-0.2, 0) is 20.9 Å². The summed E-state index contributed by atoms with van der Waals surface area (Å²) in [6, 6.07) is 15.8. The number of carbonyl (C=O) groups is 2. The molecule has 2 N–H and O–H groups in total. The van der Waals surface area contributed by atoms with E-state index in [0.717, 1.165) is 0 Å². The third-order valence-electron chi connectivity index (χ3n) is 5.50. The predicted molar refractivity (Wildman–Crippen MR) is 130 cm³/mol. The molecule has 0 spiro atoms. The van der Waals surface area contributed by atoms with E-state index in [1.165, 1.54) is 0 Å². The number of hydrogen-bond donors (Lipinski definition) is 2. The van der Waals surface area contributed by atoms with Crippen molar-refractivity contribution in [3.05, 3.63) is 60.2 Å². The molecule has 0 radical (unpaired) electrons. The largest absolute Gasteiger partial charge is 0.491 e. The SMILES string of the molecule is CC(C)Oc1cccc(-n2nc(NC(=O)[C@@H]3CNC(=O)C3)cc2-c2cccc(COCC(F)(F)F)c2)c1. The first-order valence-electron chi connectivity index (χ1n) is 11.8. The summed E-state index contributed by atoms with van der Waals surface area (Å²) >= 11 is 0. The molecular weight excluding hydrogens is 489 g/mol. The molecule has 196 valence electrons. The smallest absolute Gasteiger partial charge is 0.411 e. The number of nitrogens with zero attached hydrogens (tertiary/aromatic N) is 2. The molecule has 8 nitrogen and oxygen atoms in total. The molecule has 3 aromatic rings. The summed E-state index contributed by atoms with van der Waals surface area (Å²) < 4.78 is 49.7. The Morgan fingerprint density at radius 3 is 2.68 bits per heavy atom. The van der Waals surface area contributed by atoms with E-state index in [9.17, 15) is 22.8 Å². The lowest BCUT2D eigenvalue weighted by Crippen LogP contribution is -2.24. The highest BCUT2D eigenvalue weighted by molar-refractivity contribution is 5.97. The summed E-state index contributed by atoms with van der Waals surface area (Å²) in [6.07, 6.45) is -4.35. The van der Waals surface area contributed by atoms with E-state index < -0.39 is 18.7 Å². The molecular formula is C26H27F3N4O4. The van der Waals surface area contributed by atoms with Gasteiger partial charge < -0.3 is 20.1 Å². The van der Waals surface area contributed by atoms with Crippen LogP contribution in [0.1, 0.15) is 25.8 Å². The Labute approximate surface area is 211 Å². The van der Waals surface area contributed by atoms with Gasteiger partial charge in [-0.1, -0.05) is 24.3 Å². The number of alkyl halides is 3. The topological polar surface area (TPSA) is 94.5 Å². The van der Waals surface area contributed by atoms with Crippen molar-refractivity contribution in [3.63, 3.8) is 0 Å². The van der Waals surface area contributed by atoms with Crippen molar-refractivity contribution >= 4 is 17.6 Å². The molecule has 0 unspecified atom stereocenters. The molecule has 1 fully saturated rings. The highest BCUT2D eigenvalue weighted by Crippen LogP contribution is 2.29. The van der Waals surface area contributed by atoms with Crippen molar-refractivity contribution in [1.29, 1.82) is 0 Å². The number of hydrogen-bond acceptors (Lipinski definition) is 5. The molecule has 1 atom stereocenters. The van der Waals surface area contributed by atoms with Gasteiger partial charge in [0.25, 0.3) is 0 Å². The van der Waals surface area contributed by atoms with Gasteiger partial charge in [0.2, 0.25) is 11.8 Å². The fourth-order valence-electron chi connectivity index (χ4n) is 3.93. The number of halogens is 3. The average molecular weight is 517 g/mol. The van der Waals surface area contributed by atoms with Crippen molar-refractivity contribution in [2.45, 2.75) is 39.2 Å². The van der Waals surface area contributed by atoms with E-state index >= 15 is 0 Å². The second-order valence-corrected chi connectivity index (χ2v) is 8.99. The average Bonchev–Trinajstić information content (AvgIpc) is 3.45. The van der Waals surface area contributed by atoms with E-state index in [0.29, 0.717) is 28.3 Å². The first kappa shape index (κ1) is 26.2. The standard InChI is InChI=1S/C26H27F3N4O4/c1-16(2)37-21-8-4-7-20(11-21)33-22(12-23(32-33)31-25(35)19-10-24(34)30-13-19)18-6-3-5-17(9-18)14-36-15-26(27,28)29/h3-9,11-12,16,19H,10,13-15H2,1-2H3,(H,30,34)(H,31,32,35)/t19-/m0/s1. The Hall–Kier alpha value is -3.86. The molecule has 2 amide bonds. The number of aromatic nitrogens is 2. The van der Waals surface area contributed by atoms with E-state index in [1.54, 1.807) is 41.1 Å². The Morgan fingerprint density at radius 1 is 1.19 bits per heavy atom. The van der Waals surface area contributed by atoms with E-state index in [-0.39, 0.29) is 43.3 Å². The molecule has 37 heavy (non-hydrogen) atoms. The lowest BCUT2D eigenvalue weighted by Gasteiger charge is -2.13. The summed E-state index contributed by atoms with van der Waals surface area (Å²) in [5.74, 6) is -0.116. The lowest BCUT2D eigenvalue weighted by atomic mass is 10.1. The monoisotopic (exact) mass is 516 g/mol. The minimum atomic E-state index is -4.41. The van der Waals surface area contributed by atoms with Gasteiger partial charge >= 0.3 is 6.18 Å². The fraction of sp³-hybridized carbons (Fsp3) is 0.346. The van der Waals surface area contributed by atoms with Crippen LogP contribution in [0.25, 0.3) is 16.9 Å². The Kier molecular flexibility index (Phi) is 7.82.